The predicted octanol–water partition coefficient (Wildman–Crippen LogP) is 7.56. The number of likely N-dealkylation sites (tertiary alicyclic amines) is 1. The molecule has 1 fully saturated rings. The average molecular weight is 400 g/mol. The van der Waals surface area contributed by atoms with Crippen molar-refractivity contribution in [2.75, 3.05) is 13.1 Å². The Kier molecular flexibility index (Phi) is 13.0. The number of unbranched alkanes of at least 4 members (excludes halogenated alkanes) is 13. The molecule has 1 atom stereocenters. The van der Waals surface area contributed by atoms with Crippen LogP contribution in [0, 0.1) is 5.92 Å². The number of carbonyl (C=O) groups excluding carboxylic acids is 1. The summed E-state index contributed by atoms with van der Waals surface area (Å²) in [5.41, 5.74) is 1.32. The van der Waals surface area contributed by atoms with E-state index in [-0.39, 0.29) is 5.92 Å². The minimum Gasteiger partial charge on any atom is -0.298 e. The number of rotatable bonds is 17. The van der Waals surface area contributed by atoms with E-state index in [4.69, 9.17) is 0 Å². The summed E-state index contributed by atoms with van der Waals surface area (Å²) in [6.07, 6.45) is 20.6. The van der Waals surface area contributed by atoms with E-state index in [1.54, 1.807) is 0 Å². The molecule has 0 bridgehead atoms. The highest BCUT2D eigenvalue weighted by Gasteiger charge is 2.29. The first kappa shape index (κ1) is 24.1. The van der Waals surface area contributed by atoms with E-state index in [0.717, 1.165) is 19.5 Å². The zero-order valence-electron chi connectivity index (χ0n) is 19.0. The molecule has 0 N–H and O–H groups in total. The van der Waals surface area contributed by atoms with Crippen LogP contribution in [0.2, 0.25) is 0 Å². The van der Waals surface area contributed by atoms with Crippen molar-refractivity contribution in [2.45, 2.75) is 110 Å². The number of nitrogens with zero attached hydrogens (tertiary/aromatic N) is 1. The van der Waals surface area contributed by atoms with Gasteiger partial charge in [0.25, 0.3) is 0 Å². The van der Waals surface area contributed by atoms with Crippen molar-refractivity contribution in [3.8, 4) is 0 Å². The van der Waals surface area contributed by atoms with Crippen LogP contribution < -0.4 is 0 Å². The van der Waals surface area contributed by atoms with E-state index in [0.29, 0.717) is 12.3 Å². The first-order chi connectivity index (χ1) is 14.3. The van der Waals surface area contributed by atoms with Crippen LogP contribution in [0.15, 0.2) is 30.3 Å². The highest BCUT2D eigenvalue weighted by atomic mass is 16.1. The lowest BCUT2D eigenvalue weighted by atomic mass is 9.98. The normalized spacial score (nSPS) is 17.3. The van der Waals surface area contributed by atoms with E-state index in [1.807, 2.05) is 0 Å². The van der Waals surface area contributed by atoms with Gasteiger partial charge in [0, 0.05) is 19.0 Å². The largest absolute Gasteiger partial charge is 0.298 e. The summed E-state index contributed by atoms with van der Waals surface area (Å²) in [6.45, 7) is 4.82. The molecule has 1 saturated heterocycles. The number of ketones is 1. The first-order valence-corrected chi connectivity index (χ1v) is 12.6. The molecule has 0 spiro atoms. The summed E-state index contributed by atoms with van der Waals surface area (Å²) < 4.78 is 0. The Bertz CT molecular complexity index is 527. The summed E-state index contributed by atoms with van der Waals surface area (Å²) >= 11 is 0. The summed E-state index contributed by atoms with van der Waals surface area (Å²) in [5.74, 6) is 0.756. The molecule has 0 amide bonds. The summed E-state index contributed by atoms with van der Waals surface area (Å²) in [6, 6.07) is 10.5. The predicted molar refractivity (Wildman–Crippen MR) is 125 cm³/mol. The molecule has 1 heterocycles. The highest BCUT2D eigenvalue weighted by Crippen LogP contribution is 2.22. The van der Waals surface area contributed by atoms with Gasteiger partial charge >= 0.3 is 0 Å². The van der Waals surface area contributed by atoms with Gasteiger partial charge in [0.1, 0.15) is 0 Å². The van der Waals surface area contributed by atoms with Crippen molar-refractivity contribution in [1.29, 1.82) is 0 Å². The Balaban J connectivity index is 1.39. The number of hydrogen-bond acceptors (Lipinski definition) is 2. The van der Waals surface area contributed by atoms with Gasteiger partial charge in [-0.1, -0.05) is 127 Å². The fourth-order valence-electron chi connectivity index (χ4n) is 4.63. The third-order valence-corrected chi connectivity index (χ3v) is 6.47. The van der Waals surface area contributed by atoms with Gasteiger partial charge in [-0.05, 0) is 12.0 Å². The molecule has 164 valence electrons. The quantitative estimate of drug-likeness (QED) is 0.252. The lowest BCUT2D eigenvalue weighted by molar-refractivity contribution is -0.120. The van der Waals surface area contributed by atoms with Crippen molar-refractivity contribution in [3.63, 3.8) is 0 Å². The van der Waals surface area contributed by atoms with E-state index in [1.165, 1.54) is 95.5 Å². The number of hydrogen-bond donors (Lipinski definition) is 0. The van der Waals surface area contributed by atoms with Gasteiger partial charge in [0.05, 0.1) is 6.54 Å². The van der Waals surface area contributed by atoms with Crippen molar-refractivity contribution in [2.24, 2.45) is 5.92 Å². The van der Waals surface area contributed by atoms with Gasteiger partial charge in [0.2, 0.25) is 0 Å². The van der Waals surface area contributed by atoms with Gasteiger partial charge < -0.3 is 0 Å². The monoisotopic (exact) mass is 399 g/mol. The van der Waals surface area contributed by atoms with Crippen LogP contribution in [-0.4, -0.2) is 23.8 Å². The molecular weight excluding hydrogens is 354 g/mol. The number of benzene rings is 1. The number of carbonyl (C=O) groups is 1. The van der Waals surface area contributed by atoms with E-state index in [9.17, 15) is 4.79 Å². The smallest absolute Gasteiger partial charge is 0.151 e. The second kappa shape index (κ2) is 15.7. The Morgan fingerprint density at radius 3 is 1.83 bits per heavy atom. The third-order valence-electron chi connectivity index (χ3n) is 6.47. The van der Waals surface area contributed by atoms with Crippen LogP contribution in [0.5, 0.6) is 0 Å². The van der Waals surface area contributed by atoms with Crippen LogP contribution in [0.3, 0.4) is 0 Å². The van der Waals surface area contributed by atoms with Crippen LogP contribution in [0.4, 0.5) is 0 Å². The standard InChI is InChI=1S/C27H45NO/c1-2-3-4-5-6-7-8-9-10-11-12-13-14-18-21-26-23-28(24-27(26)29)22-25-19-16-15-17-20-25/h15-17,19-20,26H,2-14,18,21-24H2,1H3. The average Bonchev–Trinajstić information content (AvgIpc) is 3.08. The molecule has 0 radical (unpaired) electrons. The molecule has 0 aliphatic carbocycles. The maximum atomic E-state index is 12.3. The van der Waals surface area contributed by atoms with Gasteiger partial charge in [-0.2, -0.15) is 0 Å². The summed E-state index contributed by atoms with van der Waals surface area (Å²) in [4.78, 5) is 14.6. The van der Waals surface area contributed by atoms with Gasteiger partial charge in [-0.15, -0.1) is 0 Å². The van der Waals surface area contributed by atoms with Gasteiger partial charge in [-0.3, -0.25) is 9.69 Å². The van der Waals surface area contributed by atoms with Crippen molar-refractivity contribution in [1.82, 2.24) is 4.90 Å². The van der Waals surface area contributed by atoms with E-state index >= 15 is 0 Å². The fourth-order valence-corrected chi connectivity index (χ4v) is 4.63. The van der Waals surface area contributed by atoms with Crippen molar-refractivity contribution in [3.05, 3.63) is 35.9 Å². The topological polar surface area (TPSA) is 20.3 Å². The Morgan fingerprint density at radius 1 is 0.759 bits per heavy atom. The Labute approximate surface area is 180 Å². The third kappa shape index (κ3) is 11.0. The molecule has 1 aromatic carbocycles. The van der Waals surface area contributed by atoms with Gasteiger partial charge in [-0.25, -0.2) is 0 Å². The SMILES string of the molecule is CCCCCCCCCCCCCCCCC1CN(Cc2ccccc2)CC1=O. The maximum Gasteiger partial charge on any atom is 0.151 e. The molecule has 29 heavy (non-hydrogen) atoms. The molecule has 2 nitrogen and oxygen atoms in total. The molecule has 1 aliphatic heterocycles. The van der Waals surface area contributed by atoms with Crippen molar-refractivity contribution < 1.29 is 4.79 Å². The lowest BCUT2D eigenvalue weighted by Gasteiger charge is -2.14. The zero-order chi connectivity index (χ0) is 20.6. The van der Waals surface area contributed by atoms with E-state index in [2.05, 4.69) is 42.2 Å². The van der Waals surface area contributed by atoms with Crippen LogP contribution in [-0.2, 0) is 11.3 Å². The molecule has 1 aliphatic rings. The summed E-state index contributed by atoms with van der Waals surface area (Å²) in [7, 11) is 0. The van der Waals surface area contributed by atoms with Crippen LogP contribution in [0.25, 0.3) is 0 Å². The molecule has 1 aromatic rings. The molecular formula is C27H45NO. The first-order valence-electron chi connectivity index (χ1n) is 12.6. The zero-order valence-corrected chi connectivity index (χ0v) is 19.0. The minimum absolute atomic E-state index is 0.288. The maximum absolute atomic E-state index is 12.3. The molecule has 0 saturated carbocycles. The fraction of sp³-hybridized carbons (Fsp3) is 0.741. The van der Waals surface area contributed by atoms with Crippen LogP contribution >= 0.6 is 0 Å². The molecule has 2 heteroatoms. The second-order valence-electron chi connectivity index (χ2n) is 9.20. The minimum atomic E-state index is 0.288. The lowest BCUT2D eigenvalue weighted by Crippen LogP contribution is -2.20. The Morgan fingerprint density at radius 2 is 1.28 bits per heavy atom. The Hall–Kier alpha value is -1.15. The summed E-state index contributed by atoms with van der Waals surface area (Å²) in [5, 5.41) is 0. The van der Waals surface area contributed by atoms with Crippen LogP contribution in [0.1, 0.15) is 109 Å². The molecule has 0 aromatic heterocycles. The van der Waals surface area contributed by atoms with Gasteiger partial charge in [0.15, 0.2) is 5.78 Å². The van der Waals surface area contributed by atoms with Crippen molar-refractivity contribution >= 4 is 5.78 Å². The highest BCUT2D eigenvalue weighted by molar-refractivity contribution is 5.85. The number of Topliss-reactive ketones (excluding diaryl/α,β-unsaturated/α-hetero) is 1. The second-order valence-corrected chi connectivity index (χ2v) is 9.20. The van der Waals surface area contributed by atoms with E-state index < -0.39 is 0 Å². The molecule has 2 rings (SSSR count). The molecule has 1 unspecified atom stereocenters.